The molecule has 2 heterocycles. The Hall–Kier alpha value is -2.85. The van der Waals surface area contributed by atoms with Gasteiger partial charge in [0.2, 0.25) is 5.82 Å². The molecule has 21 heavy (non-hydrogen) atoms. The quantitative estimate of drug-likeness (QED) is 0.798. The van der Waals surface area contributed by atoms with Crippen LogP contribution in [0.4, 0.5) is 0 Å². The molecule has 0 unspecified atom stereocenters. The van der Waals surface area contributed by atoms with Crippen LogP contribution >= 0.6 is 11.6 Å². The van der Waals surface area contributed by atoms with Crippen LogP contribution in [0.3, 0.4) is 0 Å². The van der Waals surface area contributed by atoms with E-state index in [4.69, 9.17) is 26.1 Å². The molecular weight excluding hydrogens is 294 g/mol. The molecule has 0 bridgehead atoms. The first kappa shape index (κ1) is 13.1. The van der Waals surface area contributed by atoms with Crippen LogP contribution in [0.15, 0.2) is 28.9 Å². The maximum Gasteiger partial charge on any atom is 0.262 e. The number of benzene rings is 1. The van der Waals surface area contributed by atoms with E-state index in [1.165, 1.54) is 13.3 Å². The summed E-state index contributed by atoms with van der Waals surface area (Å²) < 4.78 is 10.4. The van der Waals surface area contributed by atoms with Gasteiger partial charge < -0.3 is 9.26 Å². The summed E-state index contributed by atoms with van der Waals surface area (Å²) in [5.74, 6) is 1.07. The van der Waals surface area contributed by atoms with Crippen molar-refractivity contribution in [2.24, 2.45) is 0 Å². The minimum atomic E-state index is 0.201. The first-order valence-electron chi connectivity index (χ1n) is 5.84. The van der Waals surface area contributed by atoms with Crippen LogP contribution in [0.25, 0.3) is 22.8 Å². The summed E-state index contributed by atoms with van der Waals surface area (Å²) >= 11 is 5.92. The average Bonchev–Trinajstić information content (AvgIpc) is 3.15. The number of aromatic amines is 1. The zero-order chi connectivity index (χ0) is 14.8. The first-order chi connectivity index (χ1) is 10.2. The number of ether oxygens (including phenoxy) is 1. The third kappa shape index (κ3) is 2.32. The van der Waals surface area contributed by atoms with Gasteiger partial charge in [0.25, 0.3) is 5.89 Å². The summed E-state index contributed by atoms with van der Waals surface area (Å²) in [5, 5.41) is 19.7. The van der Waals surface area contributed by atoms with Crippen LogP contribution in [0.1, 0.15) is 5.69 Å². The molecule has 3 aromatic rings. The summed E-state index contributed by atoms with van der Waals surface area (Å²) in [6.07, 6.45) is 1.45. The van der Waals surface area contributed by atoms with Crippen molar-refractivity contribution in [3.8, 4) is 34.7 Å². The summed E-state index contributed by atoms with van der Waals surface area (Å²) in [5.41, 5.74) is 1.34. The normalized spacial score (nSPS) is 10.3. The number of hydrogen-bond donors (Lipinski definition) is 1. The van der Waals surface area contributed by atoms with Crippen molar-refractivity contribution in [2.75, 3.05) is 7.11 Å². The Kier molecular flexibility index (Phi) is 3.30. The zero-order valence-electron chi connectivity index (χ0n) is 10.8. The fourth-order valence-electron chi connectivity index (χ4n) is 1.83. The molecule has 2 aromatic heterocycles. The van der Waals surface area contributed by atoms with Crippen molar-refractivity contribution < 1.29 is 9.26 Å². The maximum atomic E-state index is 8.96. The Morgan fingerprint density at radius 3 is 3.00 bits per heavy atom. The van der Waals surface area contributed by atoms with Crippen molar-refractivity contribution in [1.82, 2.24) is 20.3 Å². The Morgan fingerprint density at radius 1 is 1.38 bits per heavy atom. The van der Waals surface area contributed by atoms with E-state index >= 15 is 0 Å². The van der Waals surface area contributed by atoms with Crippen LogP contribution in [0.5, 0.6) is 5.75 Å². The Balaban J connectivity index is 2.05. The Labute approximate surface area is 124 Å². The van der Waals surface area contributed by atoms with E-state index in [1.54, 1.807) is 18.2 Å². The molecule has 1 N–H and O–H groups in total. The van der Waals surface area contributed by atoms with Gasteiger partial charge in [0, 0.05) is 5.02 Å². The van der Waals surface area contributed by atoms with Gasteiger partial charge in [-0.15, -0.1) is 0 Å². The largest absolute Gasteiger partial charge is 0.496 e. The molecule has 104 valence electrons. The van der Waals surface area contributed by atoms with E-state index < -0.39 is 0 Å². The van der Waals surface area contributed by atoms with Gasteiger partial charge in [-0.05, 0) is 18.2 Å². The van der Waals surface area contributed by atoms with E-state index in [0.717, 1.165) is 0 Å². The highest BCUT2D eigenvalue weighted by Gasteiger charge is 2.18. The highest BCUT2D eigenvalue weighted by Crippen LogP contribution is 2.32. The zero-order valence-corrected chi connectivity index (χ0v) is 11.5. The monoisotopic (exact) mass is 301 g/mol. The first-order valence-corrected chi connectivity index (χ1v) is 6.22. The van der Waals surface area contributed by atoms with Gasteiger partial charge in [-0.1, -0.05) is 16.8 Å². The second kappa shape index (κ2) is 5.26. The molecule has 0 saturated heterocycles. The fourth-order valence-corrected chi connectivity index (χ4v) is 1.99. The minimum Gasteiger partial charge on any atom is -0.496 e. The Morgan fingerprint density at radius 2 is 2.24 bits per heavy atom. The van der Waals surface area contributed by atoms with E-state index in [9.17, 15) is 0 Å². The molecule has 7 nitrogen and oxygen atoms in total. The van der Waals surface area contributed by atoms with Gasteiger partial charge in [-0.2, -0.15) is 15.3 Å². The number of methoxy groups -OCH3 is 1. The van der Waals surface area contributed by atoms with Crippen LogP contribution in [-0.4, -0.2) is 27.4 Å². The van der Waals surface area contributed by atoms with E-state index in [0.29, 0.717) is 27.7 Å². The van der Waals surface area contributed by atoms with Gasteiger partial charge in [0.15, 0.2) is 0 Å². The maximum absolute atomic E-state index is 8.96. The van der Waals surface area contributed by atoms with Crippen LogP contribution < -0.4 is 4.74 Å². The van der Waals surface area contributed by atoms with Gasteiger partial charge >= 0.3 is 0 Å². The third-order valence-electron chi connectivity index (χ3n) is 2.81. The topological polar surface area (TPSA) is 101 Å². The fraction of sp³-hybridized carbons (Fsp3) is 0.0769. The molecule has 0 amide bonds. The van der Waals surface area contributed by atoms with E-state index in [2.05, 4.69) is 20.3 Å². The van der Waals surface area contributed by atoms with Gasteiger partial charge in [-0.25, -0.2) is 0 Å². The lowest BCUT2D eigenvalue weighted by atomic mass is 10.2. The molecule has 0 fully saturated rings. The molecule has 0 atom stereocenters. The molecule has 0 aliphatic carbocycles. The smallest absolute Gasteiger partial charge is 0.262 e. The molecule has 0 radical (unpaired) electrons. The van der Waals surface area contributed by atoms with Gasteiger partial charge in [0.05, 0.1) is 24.4 Å². The Bertz CT molecular complexity index is 833. The second-order valence-electron chi connectivity index (χ2n) is 4.04. The predicted molar refractivity (Wildman–Crippen MR) is 73.6 cm³/mol. The minimum absolute atomic E-state index is 0.201. The number of aromatic nitrogens is 4. The molecule has 0 saturated carbocycles. The number of nitrogens with zero attached hydrogens (tertiary/aromatic N) is 4. The number of nitriles is 1. The van der Waals surface area contributed by atoms with E-state index in [1.807, 2.05) is 6.07 Å². The van der Waals surface area contributed by atoms with Crippen molar-refractivity contribution in [1.29, 1.82) is 5.26 Å². The highest BCUT2D eigenvalue weighted by atomic mass is 35.5. The lowest BCUT2D eigenvalue weighted by molar-refractivity contribution is 0.413. The third-order valence-corrected chi connectivity index (χ3v) is 3.05. The summed E-state index contributed by atoms with van der Waals surface area (Å²) in [6.45, 7) is 0. The molecule has 3 rings (SSSR count). The van der Waals surface area contributed by atoms with Crippen molar-refractivity contribution in [2.45, 2.75) is 0 Å². The highest BCUT2D eigenvalue weighted by molar-refractivity contribution is 6.30. The van der Waals surface area contributed by atoms with Crippen molar-refractivity contribution in [3.63, 3.8) is 0 Å². The lowest BCUT2D eigenvalue weighted by Crippen LogP contribution is -1.89. The van der Waals surface area contributed by atoms with Crippen molar-refractivity contribution in [3.05, 3.63) is 35.1 Å². The summed E-state index contributed by atoms with van der Waals surface area (Å²) in [7, 11) is 1.53. The number of rotatable bonds is 3. The standard InChI is InChI=1S/C13H8ClN5O2/c1-20-11-4-7(14)2-3-8(11)12-17-13(21-19-12)9-6-16-18-10(9)5-15/h2-4,6H,1H3,(H,16,18). The molecule has 1 aromatic carbocycles. The molecular formula is C13H8ClN5O2. The number of H-pyrrole nitrogens is 1. The van der Waals surface area contributed by atoms with Gasteiger partial charge in [-0.3, -0.25) is 5.10 Å². The number of hydrogen-bond acceptors (Lipinski definition) is 6. The van der Waals surface area contributed by atoms with Crippen LogP contribution in [-0.2, 0) is 0 Å². The lowest BCUT2D eigenvalue weighted by Gasteiger charge is -2.04. The number of nitrogens with one attached hydrogen (secondary N) is 1. The van der Waals surface area contributed by atoms with E-state index in [-0.39, 0.29) is 11.6 Å². The van der Waals surface area contributed by atoms with Crippen LogP contribution in [0.2, 0.25) is 5.02 Å². The molecule has 8 heteroatoms. The average molecular weight is 302 g/mol. The SMILES string of the molecule is COc1cc(Cl)ccc1-c1noc(-c2cn[nH]c2C#N)n1. The van der Waals surface area contributed by atoms with Gasteiger partial charge in [0.1, 0.15) is 17.5 Å². The number of halogens is 1. The molecule has 0 spiro atoms. The molecule has 0 aliphatic rings. The van der Waals surface area contributed by atoms with Crippen LogP contribution in [0, 0.1) is 11.3 Å². The summed E-state index contributed by atoms with van der Waals surface area (Å²) in [4.78, 5) is 4.26. The molecule has 0 aliphatic heterocycles. The summed E-state index contributed by atoms with van der Waals surface area (Å²) in [6, 6.07) is 7.06. The predicted octanol–water partition coefficient (Wildman–Crippen LogP) is 2.66. The van der Waals surface area contributed by atoms with Crippen molar-refractivity contribution >= 4 is 11.6 Å². The second-order valence-corrected chi connectivity index (χ2v) is 4.47.